The van der Waals surface area contributed by atoms with Gasteiger partial charge in [-0.15, -0.1) is 0 Å². The number of hydrogen-bond acceptors (Lipinski definition) is 4. The molecule has 0 aromatic carbocycles. The number of ether oxygens (including phenoxy) is 1. The molecule has 112 valence electrons. The molecule has 0 aliphatic carbocycles. The Bertz CT molecular complexity index is 264. The maximum atomic E-state index is 5.17. The van der Waals surface area contributed by atoms with E-state index in [2.05, 4.69) is 29.0 Å². The van der Waals surface area contributed by atoms with E-state index >= 15 is 0 Å². The van der Waals surface area contributed by atoms with Crippen LogP contribution in [-0.2, 0) is 4.74 Å². The molecular weight excluding hydrogens is 238 g/mol. The Balaban J connectivity index is 1.89. The summed E-state index contributed by atoms with van der Waals surface area (Å²) in [6.07, 6.45) is 2.47. The molecule has 0 aromatic heterocycles. The fourth-order valence-electron chi connectivity index (χ4n) is 3.43. The number of hydrogen-bond donors (Lipinski definition) is 1. The van der Waals surface area contributed by atoms with E-state index in [1.165, 1.54) is 39.1 Å². The quantitative estimate of drug-likeness (QED) is 0.755. The predicted octanol–water partition coefficient (Wildman–Crippen LogP) is 1.03. The molecule has 0 spiro atoms. The number of rotatable bonds is 5. The van der Waals surface area contributed by atoms with Gasteiger partial charge in [-0.3, -0.25) is 4.90 Å². The molecule has 0 amide bonds. The molecule has 1 atom stereocenters. The van der Waals surface area contributed by atoms with Crippen molar-refractivity contribution in [2.75, 3.05) is 59.5 Å². The highest BCUT2D eigenvalue weighted by molar-refractivity contribution is 4.94. The van der Waals surface area contributed by atoms with Crippen LogP contribution in [0.15, 0.2) is 0 Å². The third-order valence-electron chi connectivity index (χ3n) is 4.82. The van der Waals surface area contributed by atoms with E-state index in [1.54, 1.807) is 7.11 Å². The average Bonchev–Trinajstić information content (AvgIpc) is 2.41. The first-order valence-electron chi connectivity index (χ1n) is 7.79. The molecule has 0 radical (unpaired) electrons. The Labute approximate surface area is 118 Å². The van der Waals surface area contributed by atoms with E-state index in [4.69, 9.17) is 4.74 Å². The summed E-state index contributed by atoms with van der Waals surface area (Å²) in [6, 6.07) is 0.714. The molecular formula is C15H31N3O. The maximum Gasteiger partial charge on any atom is 0.0474 e. The molecule has 4 nitrogen and oxygen atoms in total. The van der Waals surface area contributed by atoms with E-state index in [0.717, 1.165) is 26.1 Å². The van der Waals surface area contributed by atoms with Crippen molar-refractivity contribution in [3.05, 3.63) is 0 Å². The van der Waals surface area contributed by atoms with Crippen LogP contribution in [0.3, 0.4) is 0 Å². The number of nitrogens with one attached hydrogen (secondary N) is 1. The van der Waals surface area contributed by atoms with Crippen LogP contribution in [0.25, 0.3) is 0 Å². The first-order valence-corrected chi connectivity index (χ1v) is 7.79. The molecule has 2 aliphatic heterocycles. The lowest BCUT2D eigenvalue weighted by Gasteiger charge is -2.50. The van der Waals surface area contributed by atoms with Crippen LogP contribution in [0.1, 0.15) is 26.7 Å². The summed E-state index contributed by atoms with van der Waals surface area (Å²) in [6.45, 7) is 14.2. The summed E-state index contributed by atoms with van der Waals surface area (Å²) < 4.78 is 5.17. The zero-order chi connectivity index (χ0) is 13.7. The standard InChI is InChI=1S/C15H31N3O/c1-15(2)5-9-17(8-4-12-19-3)13-14(15)18-10-6-16-7-11-18/h14,16H,4-13H2,1-3H3. The van der Waals surface area contributed by atoms with Gasteiger partial charge in [0.2, 0.25) is 0 Å². The van der Waals surface area contributed by atoms with Crippen molar-refractivity contribution in [2.45, 2.75) is 32.7 Å². The lowest BCUT2D eigenvalue weighted by Crippen LogP contribution is -2.60. The van der Waals surface area contributed by atoms with Crippen LogP contribution in [-0.4, -0.2) is 75.4 Å². The molecule has 2 aliphatic rings. The second kappa shape index (κ2) is 7.02. The third-order valence-corrected chi connectivity index (χ3v) is 4.82. The molecule has 0 bridgehead atoms. The number of piperazine rings is 1. The molecule has 2 heterocycles. The lowest BCUT2D eigenvalue weighted by molar-refractivity contribution is -0.00112. The van der Waals surface area contributed by atoms with Gasteiger partial charge in [-0.1, -0.05) is 13.8 Å². The van der Waals surface area contributed by atoms with Crippen molar-refractivity contribution in [2.24, 2.45) is 5.41 Å². The van der Waals surface area contributed by atoms with Gasteiger partial charge in [0.25, 0.3) is 0 Å². The Hall–Kier alpha value is -0.160. The van der Waals surface area contributed by atoms with Gasteiger partial charge < -0.3 is 15.0 Å². The molecule has 1 unspecified atom stereocenters. The zero-order valence-electron chi connectivity index (χ0n) is 13.0. The van der Waals surface area contributed by atoms with Gasteiger partial charge >= 0.3 is 0 Å². The number of methoxy groups -OCH3 is 1. The number of piperidine rings is 1. The smallest absolute Gasteiger partial charge is 0.0474 e. The Morgan fingerprint density at radius 2 is 1.95 bits per heavy atom. The van der Waals surface area contributed by atoms with Crippen molar-refractivity contribution in [1.82, 2.24) is 15.1 Å². The highest BCUT2D eigenvalue weighted by Gasteiger charge is 2.38. The van der Waals surface area contributed by atoms with Crippen molar-refractivity contribution >= 4 is 0 Å². The van der Waals surface area contributed by atoms with E-state index < -0.39 is 0 Å². The molecule has 0 saturated carbocycles. The minimum Gasteiger partial charge on any atom is -0.385 e. The summed E-state index contributed by atoms with van der Waals surface area (Å²) in [5, 5.41) is 3.46. The van der Waals surface area contributed by atoms with Gasteiger partial charge in [0.05, 0.1) is 0 Å². The monoisotopic (exact) mass is 269 g/mol. The van der Waals surface area contributed by atoms with E-state index in [0.29, 0.717) is 11.5 Å². The second-order valence-electron chi connectivity index (χ2n) is 6.69. The Kier molecular flexibility index (Phi) is 5.63. The summed E-state index contributed by atoms with van der Waals surface area (Å²) in [5.41, 5.74) is 0.453. The zero-order valence-corrected chi connectivity index (χ0v) is 13.0. The second-order valence-corrected chi connectivity index (χ2v) is 6.69. The summed E-state index contributed by atoms with van der Waals surface area (Å²) in [4.78, 5) is 5.34. The minimum atomic E-state index is 0.453. The first kappa shape index (κ1) is 15.2. The van der Waals surface area contributed by atoms with Crippen LogP contribution in [0.2, 0.25) is 0 Å². The molecule has 2 saturated heterocycles. The van der Waals surface area contributed by atoms with Crippen molar-refractivity contribution in [3.8, 4) is 0 Å². The first-order chi connectivity index (χ1) is 9.13. The fourth-order valence-corrected chi connectivity index (χ4v) is 3.43. The van der Waals surface area contributed by atoms with Gasteiger partial charge in [0, 0.05) is 59.0 Å². The van der Waals surface area contributed by atoms with Crippen LogP contribution in [0.4, 0.5) is 0 Å². The lowest BCUT2D eigenvalue weighted by atomic mass is 9.77. The molecule has 4 heteroatoms. The third kappa shape index (κ3) is 4.15. The Morgan fingerprint density at radius 1 is 1.21 bits per heavy atom. The summed E-state index contributed by atoms with van der Waals surface area (Å²) in [5.74, 6) is 0. The van der Waals surface area contributed by atoms with Crippen LogP contribution in [0, 0.1) is 5.41 Å². The summed E-state index contributed by atoms with van der Waals surface area (Å²) >= 11 is 0. The fraction of sp³-hybridized carbons (Fsp3) is 1.00. The average molecular weight is 269 g/mol. The van der Waals surface area contributed by atoms with E-state index in [-0.39, 0.29) is 0 Å². The van der Waals surface area contributed by atoms with Gasteiger partial charge in [0.15, 0.2) is 0 Å². The topological polar surface area (TPSA) is 27.7 Å². The van der Waals surface area contributed by atoms with E-state index in [9.17, 15) is 0 Å². The minimum absolute atomic E-state index is 0.453. The van der Waals surface area contributed by atoms with Crippen molar-refractivity contribution in [1.29, 1.82) is 0 Å². The number of likely N-dealkylation sites (tertiary alicyclic amines) is 1. The van der Waals surface area contributed by atoms with Gasteiger partial charge in [-0.2, -0.15) is 0 Å². The van der Waals surface area contributed by atoms with Crippen LogP contribution >= 0.6 is 0 Å². The van der Waals surface area contributed by atoms with Gasteiger partial charge in [0.1, 0.15) is 0 Å². The molecule has 2 fully saturated rings. The van der Waals surface area contributed by atoms with Crippen LogP contribution < -0.4 is 5.32 Å². The molecule has 0 aromatic rings. The highest BCUT2D eigenvalue weighted by atomic mass is 16.5. The van der Waals surface area contributed by atoms with Crippen molar-refractivity contribution in [3.63, 3.8) is 0 Å². The predicted molar refractivity (Wildman–Crippen MR) is 79.6 cm³/mol. The largest absolute Gasteiger partial charge is 0.385 e. The number of nitrogens with zero attached hydrogens (tertiary/aromatic N) is 2. The van der Waals surface area contributed by atoms with Crippen LogP contribution in [0.5, 0.6) is 0 Å². The molecule has 1 N–H and O–H groups in total. The SMILES string of the molecule is COCCCN1CCC(C)(C)C(N2CCNCC2)C1. The molecule has 19 heavy (non-hydrogen) atoms. The van der Waals surface area contributed by atoms with Crippen molar-refractivity contribution < 1.29 is 4.74 Å². The van der Waals surface area contributed by atoms with E-state index in [1.807, 2.05) is 0 Å². The van der Waals surface area contributed by atoms with Gasteiger partial charge in [-0.05, 0) is 24.8 Å². The van der Waals surface area contributed by atoms with Gasteiger partial charge in [-0.25, -0.2) is 0 Å². The summed E-state index contributed by atoms with van der Waals surface area (Å²) in [7, 11) is 1.79. The highest BCUT2D eigenvalue weighted by Crippen LogP contribution is 2.34. The normalized spacial score (nSPS) is 29.5. The Morgan fingerprint density at radius 3 is 2.63 bits per heavy atom. The molecule has 2 rings (SSSR count). The maximum absolute atomic E-state index is 5.17.